The monoisotopic (exact) mass is 297 g/mol. The van der Waals surface area contributed by atoms with Gasteiger partial charge in [-0.25, -0.2) is 0 Å². The van der Waals surface area contributed by atoms with Crippen LogP contribution in [0.3, 0.4) is 0 Å². The zero-order valence-electron chi connectivity index (χ0n) is 12.1. The minimum atomic E-state index is 0.125. The summed E-state index contributed by atoms with van der Waals surface area (Å²) in [5.74, 6) is 0.125. The molecule has 1 heterocycles. The second kappa shape index (κ2) is 5.38. The van der Waals surface area contributed by atoms with Crippen LogP contribution >= 0.6 is 11.6 Å². The van der Waals surface area contributed by atoms with E-state index in [-0.39, 0.29) is 5.78 Å². The van der Waals surface area contributed by atoms with Gasteiger partial charge >= 0.3 is 0 Å². The second-order valence-corrected chi connectivity index (χ2v) is 5.82. The van der Waals surface area contributed by atoms with Crippen LogP contribution in [-0.2, 0) is 6.54 Å². The predicted octanol–water partition coefficient (Wildman–Crippen LogP) is 4.79. The van der Waals surface area contributed by atoms with E-state index in [2.05, 4.69) is 0 Å². The quantitative estimate of drug-likeness (QED) is 0.637. The first-order chi connectivity index (χ1) is 10.0. The van der Waals surface area contributed by atoms with E-state index in [1.54, 1.807) is 0 Å². The number of rotatable bonds is 3. The van der Waals surface area contributed by atoms with E-state index in [0.717, 1.165) is 22.0 Å². The summed E-state index contributed by atoms with van der Waals surface area (Å²) in [5, 5.41) is 1.76. The Hall–Kier alpha value is -2.06. The van der Waals surface area contributed by atoms with Gasteiger partial charge in [0, 0.05) is 27.7 Å². The number of carbonyl (C=O) groups is 1. The van der Waals surface area contributed by atoms with Crippen molar-refractivity contribution >= 4 is 28.3 Å². The number of carbonyl (C=O) groups excluding carboxylic acids is 1. The van der Waals surface area contributed by atoms with Gasteiger partial charge in [0.2, 0.25) is 0 Å². The molecule has 0 spiro atoms. The number of hydrogen-bond acceptors (Lipinski definition) is 1. The van der Waals surface area contributed by atoms with Crippen LogP contribution in [0.25, 0.3) is 10.9 Å². The van der Waals surface area contributed by atoms with Crippen molar-refractivity contribution in [3.05, 3.63) is 70.4 Å². The van der Waals surface area contributed by atoms with Crippen molar-refractivity contribution in [1.29, 1.82) is 0 Å². The molecule has 0 radical (unpaired) electrons. The van der Waals surface area contributed by atoms with Crippen molar-refractivity contribution in [3.63, 3.8) is 0 Å². The summed E-state index contributed by atoms with van der Waals surface area (Å²) in [6.07, 6.45) is 1.93. The summed E-state index contributed by atoms with van der Waals surface area (Å²) in [7, 11) is 0. The predicted molar refractivity (Wildman–Crippen MR) is 87.2 cm³/mol. The lowest BCUT2D eigenvalue weighted by Crippen LogP contribution is -2.11. The molecule has 0 amide bonds. The number of hydrogen-bond donors (Lipinski definition) is 0. The summed E-state index contributed by atoms with van der Waals surface area (Å²) in [6.45, 7) is 4.35. The SMILES string of the molecule is Cc1ccc(C(=O)Cn2ccc3cc(Cl)ccc32)c(C)c1. The standard InChI is InChI=1S/C18H16ClNO/c1-12-3-5-16(13(2)9-12)18(21)11-20-8-7-14-10-15(19)4-6-17(14)20/h3-10H,11H2,1-2H3. The zero-order valence-corrected chi connectivity index (χ0v) is 12.8. The summed E-state index contributed by atoms with van der Waals surface area (Å²) in [6, 6.07) is 13.6. The molecule has 3 heteroatoms. The smallest absolute Gasteiger partial charge is 0.182 e. The van der Waals surface area contributed by atoms with Crippen molar-refractivity contribution < 1.29 is 4.79 Å². The van der Waals surface area contributed by atoms with Gasteiger partial charge in [0.15, 0.2) is 5.78 Å². The number of aryl methyl sites for hydroxylation is 2. The Bertz CT molecular complexity index is 832. The van der Waals surface area contributed by atoms with Crippen LogP contribution in [0.4, 0.5) is 0 Å². The normalized spacial score (nSPS) is 11.0. The van der Waals surface area contributed by atoms with E-state index in [1.165, 1.54) is 5.56 Å². The number of halogens is 1. The molecule has 0 saturated heterocycles. The third kappa shape index (κ3) is 2.72. The molecule has 0 atom stereocenters. The van der Waals surface area contributed by atoms with Crippen LogP contribution < -0.4 is 0 Å². The Balaban J connectivity index is 1.93. The van der Waals surface area contributed by atoms with E-state index in [4.69, 9.17) is 11.6 Å². The molecule has 0 aliphatic heterocycles. The minimum Gasteiger partial charge on any atom is -0.340 e. The zero-order chi connectivity index (χ0) is 15.0. The Morgan fingerprint density at radius 3 is 2.67 bits per heavy atom. The number of ketones is 1. The fraction of sp³-hybridized carbons (Fsp3) is 0.167. The Kier molecular flexibility index (Phi) is 3.56. The highest BCUT2D eigenvalue weighted by Gasteiger charge is 2.11. The number of benzene rings is 2. The van der Waals surface area contributed by atoms with Gasteiger partial charge in [-0.3, -0.25) is 4.79 Å². The van der Waals surface area contributed by atoms with E-state index >= 15 is 0 Å². The topological polar surface area (TPSA) is 22.0 Å². The van der Waals surface area contributed by atoms with Crippen molar-refractivity contribution in [2.45, 2.75) is 20.4 Å². The van der Waals surface area contributed by atoms with E-state index < -0.39 is 0 Å². The second-order valence-electron chi connectivity index (χ2n) is 5.39. The maximum atomic E-state index is 12.5. The van der Waals surface area contributed by atoms with Crippen LogP contribution in [0.15, 0.2) is 48.7 Å². The van der Waals surface area contributed by atoms with Crippen molar-refractivity contribution in [2.75, 3.05) is 0 Å². The van der Waals surface area contributed by atoms with Crippen molar-refractivity contribution in [3.8, 4) is 0 Å². The van der Waals surface area contributed by atoms with Gasteiger partial charge in [-0.1, -0.05) is 35.4 Å². The number of fused-ring (bicyclic) bond motifs is 1. The van der Waals surface area contributed by atoms with Crippen LogP contribution in [0.2, 0.25) is 5.02 Å². The fourth-order valence-electron chi connectivity index (χ4n) is 2.68. The highest BCUT2D eigenvalue weighted by molar-refractivity contribution is 6.31. The third-order valence-corrected chi connectivity index (χ3v) is 3.96. The van der Waals surface area contributed by atoms with Crippen molar-refractivity contribution in [1.82, 2.24) is 4.57 Å². The molecular weight excluding hydrogens is 282 g/mol. The summed E-state index contributed by atoms with van der Waals surface area (Å²) >= 11 is 5.99. The van der Waals surface area contributed by atoms with Gasteiger partial charge in [-0.2, -0.15) is 0 Å². The molecule has 2 nitrogen and oxygen atoms in total. The van der Waals surface area contributed by atoms with Crippen LogP contribution in [0, 0.1) is 13.8 Å². The average molecular weight is 298 g/mol. The molecule has 0 N–H and O–H groups in total. The van der Waals surface area contributed by atoms with Crippen LogP contribution in [0.5, 0.6) is 0 Å². The molecule has 106 valence electrons. The molecule has 0 unspecified atom stereocenters. The van der Waals surface area contributed by atoms with Crippen LogP contribution in [0.1, 0.15) is 21.5 Å². The fourth-order valence-corrected chi connectivity index (χ4v) is 2.86. The maximum absolute atomic E-state index is 12.5. The highest BCUT2D eigenvalue weighted by Crippen LogP contribution is 2.21. The lowest BCUT2D eigenvalue weighted by Gasteiger charge is -2.08. The van der Waals surface area contributed by atoms with Gasteiger partial charge in [0.05, 0.1) is 6.54 Å². The van der Waals surface area contributed by atoms with Crippen LogP contribution in [-0.4, -0.2) is 10.4 Å². The van der Waals surface area contributed by atoms with Gasteiger partial charge in [0.1, 0.15) is 0 Å². The summed E-state index contributed by atoms with van der Waals surface area (Å²) < 4.78 is 1.97. The van der Waals surface area contributed by atoms with E-state index in [9.17, 15) is 4.79 Å². The Labute approximate surface area is 129 Å². The molecule has 2 aromatic carbocycles. The molecule has 0 bridgehead atoms. The minimum absolute atomic E-state index is 0.125. The Morgan fingerprint density at radius 2 is 1.90 bits per heavy atom. The molecule has 1 aromatic heterocycles. The number of aromatic nitrogens is 1. The largest absolute Gasteiger partial charge is 0.340 e. The molecule has 0 saturated carbocycles. The summed E-state index contributed by atoms with van der Waals surface area (Å²) in [4.78, 5) is 12.5. The molecule has 0 fully saturated rings. The number of nitrogens with zero attached hydrogens (tertiary/aromatic N) is 1. The maximum Gasteiger partial charge on any atom is 0.182 e. The first-order valence-corrected chi connectivity index (χ1v) is 7.27. The first kappa shape index (κ1) is 13.9. The van der Waals surface area contributed by atoms with Gasteiger partial charge in [-0.05, 0) is 43.7 Å². The molecule has 0 aliphatic rings. The molecule has 0 aliphatic carbocycles. The van der Waals surface area contributed by atoms with E-state index in [0.29, 0.717) is 11.6 Å². The lowest BCUT2D eigenvalue weighted by atomic mass is 10.0. The van der Waals surface area contributed by atoms with E-state index in [1.807, 2.05) is 67.1 Å². The third-order valence-electron chi connectivity index (χ3n) is 3.73. The molecule has 3 rings (SSSR count). The van der Waals surface area contributed by atoms with Crippen molar-refractivity contribution in [2.24, 2.45) is 0 Å². The average Bonchev–Trinajstić information content (AvgIpc) is 2.80. The van der Waals surface area contributed by atoms with Gasteiger partial charge in [-0.15, -0.1) is 0 Å². The Morgan fingerprint density at radius 1 is 1.10 bits per heavy atom. The lowest BCUT2D eigenvalue weighted by molar-refractivity contribution is 0.0973. The summed E-state index contributed by atoms with van der Waals surface area (Å²) in [5.41, 5.74) is 4.01. The first-order valence-electron chi connectivity index (χ1n) is 6.89. The number of Topliss-reactive ketones (excluding diaryl/α,β-unsaturated/α-hetero) is 1. The highest BCUT2D eigenvalue weighted by atomic mass is 35.5. The molecule has 3 aromatic rings. The van der Waals surface area contributed by atoms with Gasteiger partial charge < -0.3 is 4.57 Å². The molecular formula is C18H16ClNO. The molecule has 21 heavy (non-hydrogen) atoms. The van der Waals surface area contributed by atoms with Gasteiger partial charge in [0.25, 0.3) is 0 Å².